The van der Waals surface area contributed by atoms with Crippen molar-refractivity contribution in [2.24, 2.45) is 0 Å². The number of benzene rings is 1. The number of hydrogen-bond donors (Lipinski definition) is 1. The zero-order valence-corrected chi connectivity index (χ0v) is 17.0. The predicted molar refractivity (Wildman–Crippen MR) is 111 cm³/mol. The van der Waals surface area contributed by atoms with Gasteiger partial charge in [0.15, 0.2) is 5.11 Å². The van der Waals surface area contributed by atoms with E-state index in [9.17, 15) is 0 Å². The largest absolute Gasteiger partial charge is 0.346 e. The fourth-order valence-electron chi connectivity index (χ4n) is 3.07. The van der Waals surface area contributed by atoms with Crippen molar-refractivity contribution < 1.29 is 0 Å². The molecule has 2 heterocycles. The number of anilines is 1. The maximum atomic E-state index is 5.58. The summed E-state index contributed by atoms with van der Waals surface area (Å²) in [5.41, 5.74) is 3.52. The van der Waals surface area contributed by atoms with Crippen LogP contribution in [-0.2, 0) is 6.54 Å². The van der Waals surface area contributed by atoms with Crippen LogP contribution in [0.3, 0.4) is 0 Å². The van der Waals surface area contributed by atoms with E-state index < -0.39 is 0 Å². The van der Waals surface area contributed by atoms with E-state index in [1.54, 1.807) is 0 Å². The summed E-state index contributed by atoms with van der Waals surface area (Å²) in [7, 11) is 0. The molecule has 0 spiro atoms. The van der Waals surface area contributed by atoms with Gasteiger partial charge in [0.05, 0.1) is 0 Å². The third-order valence-corrected chi connectivity index (χ3v) is 5.48. The Morgan fingerprint density at radius 3 is 2.56 bits per heavy atom. The lowest BCUT2D eigenvalue weighted by Gasteiger charge is -2.36. The highest BCUT2D eigenvalue weighted by Gasteiger charge is 2.19. The van der Waals surface area contributed by atoms with E-state index >= 15 is 0 Å². The number of aromatic nitrogens is 1. The first-order chi connectivity index (χ1) is 12.0. The molecule has 0 amide bonds. The molecule has 1 N–H and O–H groups in total. The number of pyridine rings is 1. The summed E-state index contributed by atoms with van der Waals surface area (Å²) in [6.07, 6.45) is 0. The molecule has 1 saturated heterocycles. The average molecular weight is 419 g/mol. The molecule has 2 aromatic rings. The van der Waals surface area contributed by atoms with Gasteiger partial charge in [0.1, 0.15) is 5.82 Å². The number of rotatable bonds is 3. The van der Waals surface area contributed by atoms with Gasteiger partial charge in [-0.3, -0.25) is 4.90 Å². The first kappa shape index (κ1) is 18.3. The second kappa shape index (κ2) is 8.25. The van der Waals surface area contributed by atoms with Crippen LogP contribution in [0.1, 0.15) is 16.8 Å². The molecule has 0 radical (unpaired) electrons. The first-order valence-electron chi connectivity index (χ1n) is 8.48. The van der Waals surface area contributed by atoms with Gasteiger partial charge >= 0.3 is 0 Å². The minimum atomic E-state index is 0.762. The van der Waals surface area contributed by atoms with E-state index in [2.05, 4.69) is 73.3 Å². The highest BCUT2D eigenvalue weighted by Crippen LogP contribution is 2.19. The predicted octanol–water partition coefficient (Wildman–Crippen LogP) is 3.98. The van der Waals surface area contributed by atoms with Crippen molar-refractivity contribution >= 4 is 39.1 Å². The van der Waals surface area contributed by atoms with Gasteiger partial charge in [-0.2, -0.15) is 0 Å². The van der Waals surface area contributed by atoms with Crippen molar-refractivity contribution in [3.05, 3.63) is 57.7 Å². The molecule has 1 aromatic heterocycles. The van der Waals surface area contributed by atoms with Crippen LogP contribution < -0.4 is 5.32 Å². The quantitative estimate of drug-likeness (QED) is 0.761. The molecule has 4 nitrogen and oxygen atoms in total. The van der Waals surface area contributed by atoms with Crippen molar-refractivity contribution in [3.8, 4) is 0 Å². The van der Waals surface area contributed by atoms with Crippen LogP contribution >= 0.6 is 28.1 Å². The monoisotopic (exact) mass is 418 g/mol. The Morgan fingerprint density at radius 1 is 1.16 bits per heavy atom. The van der Waals surface area contributed by atoms with Gasteiger partial charge in [-0.1, -0.05) is 34.1 Å². The van der Waals surface area contributed by atoms with Crippen molar-refractivity contribution in [1.82, 2.24) is 14.8 Å². The Labute approximate surface area is 163 Å². The van der Waals surface area contributed by atoms with Crippen molar-refractivity contribution in [3.63, 3.8) is 0 Å². The lowest BCUT2D eigenvalue weighted by molar-refractivity contribution is 0.176. The molecule has 0 atom stereocenters. The Hall–Kier alpha value is -1.50. The van der Waals surface area contributed by atoms with Gasteiger partial charge < -0.3 is 10.2 Å². The van der Waals surface area contributed by atoms with Crippen molar-refractivity contribution in [2.45, 2.75) is 20.4 Å². The topological polar surface area (TPSA) is 31.4 Å². The second-order valence-electron chi connectivity index (χ2n) is 6.46. The molecule has 0 bridgehead atoms. The number of thiocarbonyl (C=S) groups is 1. The van der Waals surface area contributed by atoms with Crippen LogP contribution in [-0.4, -0.2) is 46.1 Å². The van der Waals surface area contributed by atoms with Crippen LogP contribution in [0.15, 0.2) is 40.9 Å². The van der Waals surface area contributed by atoms with E-state index in [4.69, 9.17) is 12.2 Å². The normalized spacial score (nSPS) is 15.2. The summed E-state index contributed by atoms with van der Waals surface area (Å²) in [6, 6.07) is 12.5. The Bertz CT molecular complexity index is 737. The maximum Gasteiger partial charge on any atom is 0.174 e. The average Bonchev–Trinajstić information content (AvgIpc) is 2.56. The third kappa shape index (κ3) is 5.00. The molecule has 0 unspecified atom stereocenters. The molecule has 3 rings (SSSR count). The number of piperazine rings is 1. The highest BCUT2D eigenvalue weighted by atomic mass is 79.9. The lowest BCUT2D eigenvalue weighted by Crippen LogP contribution is -2.49. The molecule has 25 heavy (non-hydrogen) atoms. The van der Waals surface area contributed by atoms with Crippen LogP contribution in [0.2, 0.25) is 0 Å². The van der Waals surface area contributed by atoms with Crippen LogP contribution in [0.25, 0.3) is 0 Å². The van der Waals surface area contributed by atoms with Gasteiger partial charge in [-0.05, 0) is 55.4 Å². The van der Waals surface area contributed by atoms with Crippen LogP contribution in [0, 0.1) is 13.8 Å². The standard InChI is InChI=1S/C19H23BrN4S/c1-14-11-15(2)21-18(12-14)22-19(25)24-9-7-23(8-10-24)13-16-5-3-4-6-17(16)20/h3-6,11-12H,7-10,13H2,1-2H3,(H,21,22,25). The zero-order chi connectivity index (χ0) is 17.8. The molecule has 0 saturated carbocycles. The van der Waals surface area contributed by atoms with E-state index in [1.165, 1.54) is 15.6 Å². The molecular formula is C19H23BrN4S. The summed E-state index contributed by atoms with van der Waals surface area (Å²) in [5.74, 6) is 0.832. The van der Waals surface area contributed by atoms with Gasteiger partial charge in [0, 0.05) is 42.9 Å². The number of hydrogen-bond acceptors (Lipinski definition) is 3. The fraction of sp³-hybridized carbons (Fsp3) is 0.368. The van der Waals surface area contributed by atoms with Crippen LogP contribution in [0.5, 0.6) is 0 Å². The second-order valence-corrected chi connectivity index (χ2v) is 7.70. The van der Waals surface area contributed by atoms with E-state index in [0.717, 1.165) is 49.3 Å². The SMILES string of the molecule is Cc1cc(C)nc(NC(=S)N2CCN(Cc3ccccc3Br)CC2)c1. The molecule has 1 aliphatic rings. The van der Waals surface area contributed by atoms with Gasteiger partial charge in [0.25, 0.3) is 0 Å². The summed E-state index contributed by atoms with van der Waals surface area (Å²) >= 11 is 9.21. The zero-order valence-electron chi connectivity index (χ0n) is 14.6. The lowest BCUT2D eigenvalue weighted by atomic mass is 10.2. The summed E-state index contributed by atoms with van der Waals surface area (Å²) in [6.45, 7) is 8.91. The number of nitrogens with zero attached hydrogens (tertiary/aromatic N) is 3. The fourth-order valence-corrected chi connectivity index (χ4v) is 3.77. The van der Waals surface area contributed by atoms with Gasteiger partial charge in [-0.25, -0.2) is 4.98 Å². The molecular weight excluding hydrogens is 396 g/mol. The third-order valence-electron chi connectivity index (χ3n) is 4.34. The summed E-state index contributed by atoms with van der Waals surface area (Å²) in [4.78, 5) is 9.20. The molecule has 1 aliphatic heterocycles. The Balaban J connectivity index is 1.53. The van der Waals surface area contributed by atoms with E-state index in [0.29, 0.717) is 0 Å². The smallest absolute Gasteiger partial charge is 0.174 e. The summed E-state index contributed by atoms with van der Waals surface area (Å²) in [5, 5.41) is 4.05. The molecule has 6 heteroatoms. The van der Waals surface area contributed by atoms with Crippen molar-refractivity contribution in [1.29, 1.82) is 0 Å². The van der Waals surface area contributed by atoms with E-state index in [1.807, 2.05) is 13.0 Å². The highest BCUT2D eigenvalue weighted by molar-refractivity contribution is 9.10. The Morgan fingerprint density at radius 2 is 1.88 bits per heavy atom. The number of halogens is 1. The molecule has 1 fully saturated rings. The molecule has 132 valence electrons. The summed E-state index contributed by atoms with van der Waals surface area (Å²) < 4.78 is 1.18. The molecule has 1 aromatic carbocycles. The number of nitrogens with one attached hydrogen (secondary N) is 1. The van der Waals surface area contributed by atoms with Crippen molar-refractivity contribution in [2.75, 3.05) is 31.5 Å². The maximum absolute atomic E-state index is 5.58. The minimum Gasteiger partial charge on any atom is -0.346 e. The van der Waals surface area contributed by atoms with E-state index in [-0.39, 0.29) is 0 Å². The van der Waals surface area contributed by atoms with Gasteiger partial charge in [-0.15, -0.1) is 0 Å². The number of aryl methyl sites for hydroxylation is 2. The Kier molecular flexibility index (Phi) is 6.04. The molecule has 0 aliphatic carbocycles. The van der Waals surface area contributed by atoms with Crippen LogP contribution in [0.4, 0.5) is 5.82 Å². The minimum absolute atomic E-state index is 0.762. The first-order valence-corrected chi connectivity index (χ1v) is 9.68. The van der Waals surface area contributed by atoms with Gasteiger partial charge in [0.2, 0.25) is 0 Å².